The summed E-state index contributed by atoms with van der Waals surface area (Å²) < 4.78 is 0. The summed E-state index contributed by atoms with van der Waals surface area (Å²) in [5.74, 6) is -1.74. The molecule has 1 rings (SSSR count). The van der Waals surface area contributed by atoms with E-state index in [4.69, 9.17) is 0 Å². The lowest BCUT2D eigenvalue weighted by Gasteiger charge is -2.13. The molecular weight excluding hydrogens is 162 g/mol. The van der Waals surface area contributed by atoms with Crippen molar-refractivity contribution in [1.82, 2.24) is 4.98 Å². The number of nitrogens with zero attached hydrogens (tertiary/aromatic N) is 1. The van der Waals surface area contributed by atoms with E-state index in [2.05, 4.69) is 4.98 Å². The molecule has 0 atom stereocenters. The predicted octanol–water partition coefficient (Wildman–Crippen LogP) is 0.917. The molecule has 1 aromatic heterocycles. The van der Waals surface area contributed by atoms with Crippen LogP contribution in [0, 0.1) is 13.8 Å². The topological polar surface area (TPSA) is 53.4 Å². The summed E-state index contributed by atoms with van der Waals surface area (Å²) in [6.07, 6.45) is 0. The first kappa shape index (κ1) is 8.64. The Balaban J connectivity index is 3.13. The zero-order chi connectivity index (χ0) is 8.65. The Morgan fingerprint density at radius 3 is 2.09 bits per heavy atom. The van der Waals surface area contributed by atoms with Gasteiger partial charge in [-0.3, -0.25) is 0 Å². The summed E-state index contributed by atoms with van der Waals surface area (Å²) in [5, 5.41) is 19.3. The summed E-state index contributed by atoms with van der Waals surface area (Å²) in [6, 6.07) is 0. The first-order chi connectivity index (χ1) is 4.91. The van der Waals surface area contributed by atoms with Gasteiger partial charge in [0.2, 0.25) is 0 Å². The highest BCUT2D eigenvalue weighted by Gasteiger charge is 2.24. The molecular formula is C7H11NO2S. The molecule has 0 unspecified atom stereocenters. The highest BCUT2D eigenvalue weighted by atomic mass is 32.1. The van der Waals surface area contributed by atoms with Crippen molar-refractivity contribution in [2.45, 2.75) is 26.6 Å². The number of aromatic nitrogens is 1. The van der Waals surface area contributed by atoms with Gasteiger partial charge in [0.15, 0.2) is 5.79 Å². The monoisotopic (exact) mass is 173 g/mol. The van der Waals surface area contributed by atoms with Gasteiger partial charge in [0.25, 0.3) is 0 Å². The Hall–Kier alpha value is -0.450. The van der Waals surface area contributed by atoms with Gasteiger partial charge in [0, 0.05) is 0 Å². The van der Waals surface area contributed by atoms with E-state index in [0.29, 0.717) is 10.6 Å². The molecule has 2 N–H and O–H groups in total. The number of aryl methyl sites for hydroxylation is 2. The quantitative estimate of drug-likeness (QED) is 0.621. The maximum absolute atomic E-state index is 9.21. The van der Waals surface area contributed by atoms with Crippen molar-refractivity contribution in [3.63, 3.8) is 0 Å². The van der Waals surface area contributed by atoms with E-state index in [-0.39, 0.29) is 0 Å². The third-order valence-corrected chi connectivity index (χ3v) is 2.61. The number of hydrogen-bond donors (Lipinski definition) is 2. The van der Waals surface area contributed by atoms with Gasteiger partial charge in [-0.2, -0.15) is 0 Å². The molecule has 0 saturated heterocycles. The van der Waals surface area contributed by atoms with E-state index in [1.807, 2.05) is 6.92 Å². The van der Waals surface area contributed by atoms with Crippen LogP contribution in [0.15, 0.2) is 0 Å². The van der Waals surface area contributed by atoms with E-state index in [1.54, 1.807) is 6.92 Å². The molecule has 0 bridgehead atoms. The van der Waals surface area contributed by atoms with Gasteiger partial charge in [0.05, 0.1) is 15.6 Å². The molecule has 0 saturated carbocycles. The van der Waals surface area contributed by atoms with E-state index >= 15 is 0 Å². The molecule has 0 radical (unpaired) electrons. The van der Waals surface area contributed by atoms with Crippen molar-refractivity contribution in [3.8, 4) is 0 Å². The summed E-state index contributed by atoms with van der Waals surface area (Å²) >= 11 is 1.31. The first-order valence-corrected chi connectivity index (χ1v) is 4.12. The van der Waals surface area contributed by atoms with Gasteiger partial charge in [0.1, 0.15) is 0 Å². The fraction of sp³-hybridized carbons (Fsp3) is 0.571. The molecule has 0 aromatic carbocycles. The van der Waals surface area contributed by atoms with E-state index < -0.39 is 5.79 Å². The Kier molecular flexibility index (Phi) is 2.00. The second kappa shape index (κ2) is 2.55. The minimum absolute atomic E-state index is 0.523. The van der Waals surface area contributed by atoms with E-state index in [0.717, 1.165) is 5.01 Å². The molecule has 11 heavy (non-hydrogen) atoms. The lowest BCUT2D eigenvalue weighted by Crippen LogP contribution is -2.19. The second-order valence-electron chi connectivity index (χ2n) is 2.67. The third kappa shape index (κ3) is 1.77. The van der Waals surface area contributed by atoms with Crippen LogP contribution in [0.1, 0.15) is 22.5 Å². The molecule has 0 aliphatic rings. The lowest BCUT2D eigenvalue weighted by molar-refractivity contribution is -0.150. The standard InChI is InChI=1S/C7H11NO2S/c1-4-6(7(3,9)10)11-5(2)8-4/h9-10H,1-3H3. The Labute approximate surface area is 69.3 Å². The van der Waals surface area contributed by atoms with Gasteiger partial charge in [-0.05, 0) is 20.8 Å². The maximum atomic E-state index is 9.21. The number of rotatable bonds is 1. The van der Waals surface area contributed by atoms with Crippen molar-refractivity contribution >= 4 is 11.3 Å². The SMILES string of the molecule is Cc1nc(C)c(C(C)(O)O)s1. The van der Waals surface area contributed by atoms with Crippen LogP contribution in [0.25, 0.3) is 0 Å². The highest BCUT2D eigenvalue weighted by Crippen LogP contribution is 2.26. The molecule has 4 heteroatoms. The van der Waals surface area contributed by atoms with Crippen molar-refractivity contribution in [3.05, 3.63) is 15.6 Å². The van der Waals surface area contributed by atoms with E-state index in [1.165, 1.54) is 18.3 Å². The minimum Gasteiger partial charge on any atom is -0.361 e. The number of hydrogen-bond acceptors (Lipinski definition) is 4. The summed E-state index contributed by atoms with van der Waals surface area (Å²) in [4.78, 5) is 4.60. The van der Waals surface area contributed by atoms with Crippen molar-refractivity contribution in [1.29, 1.82) is 0 Å². The summed E-state index contributed by atoms with van der Waals surface area (Å²) in [6.45, 7) is 4.95. The molecule has 1 aromatic rings. The first-order valence-electron chi connectivity index (χ1n) is 3.30. The Morgan fingerprint density at radius 1 is 1.36 bits per heavy atom. The lowest BCUT2D eigenvalue weighted by atomic mass is 10.2. The van der Waals surface area contributed by atoms with Crippen LogP contribution in [0.2, 0.25) is 0 Å². The zero-order valence-corrected chi connectivity index (χ0v) is 7.57. The Morgan fingerprint density at radius 2 is 1.91 bits per heavy atom. The predicted molar refractivity (Wildman–Crippen MR) is 43.4 cm³/mol. The average Bonchev–Trinajstić information content (AvgIpc) is 2.08. The molecule has 0 amide bonds. The Bertz CT molecular complexity index is 262. The fourth-order valence-corrected chi connectivity index (χ4v) is 1.84. The maximum Gasteiger partial charge on any atom is 0.198 e. The smallest absolute Gasteiger partial charge is 0.198 e. The molecule has 3 nitrogen and oxygen atoms in total. The normalized spacial score (nSPS) is 12.1. The average molecular weight is 173 g/mol. The zero-order valence-electron chi connectivity index (χ0n) is 6.75. The van der Waals surface area contributed by atoms with Crippen LogP contribution in [0.3, 0.4) is 0 Å². The van der Waals surface area contributed by atoms with Crippen LogP contribution in [0.4, 0.5) is 0 Å². The number of thiazole rings is 1. The van der Waals surface area contributed by atoms with Crippen molar-refractivity contribution in [2.24, 2.45) is 0 Å². The molecule has 1 heterocycles. The summed E-state index contributed by atoms with van der Waals surface area (Å²) in [5.41, 5.74) is 0.694. The molecule has 0 aliphatic carbocycles. The number of aliphatic hydroxyl groups is 2. The molecule has 0 aliphatic heterocycles. The molecule has 62 valence electrons. The van der Waals surface area contributed by atoms with Crippen LogP contribution in [-0.4, -0.2) is 15.2 Å². The van der Waals surface area contributed by atoms with Gasteiger partial charge in [-0.25, -0.2) is 4.98 Å². The molecule has 0 fully saturated rings. The van der Waals surface area contributed by atoms with Crippen LogP contribution >= 0.6 is 11.3 Å². The van der Waals surface area contributed by atoms with Gasteiger partial charge in [-0.15, -0.1) is 11.3 Å². The minimum atomic E-state index is -1.74. The van der Waals surface area contributed by atoms with Gasteiger partial charge in [-0.1, -0.05) is 0 Å². The van der Waals surface area contributed by atoms with E-state index in [9.17, 15) is 10.2 Å². The second-order valence-corrected chi connectivity index (χ2v) is 3.87. The largest absolute Gasteiger partial charge is 0.361 e. The third-order valence-electron chi connectivity index (χ3n) is 1.33. The molecule has 0 spiro atoms. The fourth-order valence-electron chi connectivity index (χ4n) is 0.971. The van der Waals surface area contributed by atoms with Gasteiger partial charge < -0.3 is 10.2 Å². The van der Waals surface area contributed by atoms with Gasteiger partial charge >= 0.3 is 0 Å². The van der Waals surface area contributed by atoms with Crippen molar-refractivity contribution in [2.75, 3.05) is 0 Å². The highest BCUT2D eigenvalue weighted by molar-refractivity contribution is 7.11. The van der Waals surface area contributed by atoms with Crippen molar-refractivity contribution < 1.29 is 10.2 Å². The summed E-state index contributed by atoms with van der Waals surface area (Å²) in [7, 11) is 0. The van der Waals surface area contributed by atoms with Crippen LogP contribution < -0.4 is 0 Å². The van der Waals surface area contributed by atoms with Crippen LogP contribution in [0.5, 0.6) is 0 Å². The van der Waals surface area contributed by atoms with Crippen LogP contribution in [-0.2, 0) is 5.79 Å².